The first-order valence-corrected chi connectivity index (χ1v) is 10.1. The lowest BCUT2D eigenvalue weighted by Crippen LogP contribution is -2.52. The summed E-state index contributed by atoms with van der Waals surface area (Å²) in [6.45, 7) is 5.26. The molecule has 0 aliphatic carbocycles. The van der Waals surface area contributed by atoms with E-state index in [2.05, 4.69) is 11.4 Å². The highest BCUT2D eigenvalue weighted by Gasteiger charge is 2.31. The molecule has 150 valence electrons. The van der Waals surface area contributed by atoms with E-state index in [4.69, 9.17) is 5.26 Å². The third-order valence-corrected chi connectivity index (χ3v) is 5.57. The standard InChI is InChI=1S/C24H27N3O2/c1-17(2)22(26-23(28)21-6-4-3-5-7-21)24(29)27-14-12-20(13-15-27)19-10-8-18(16-25)9-11-19/h3-11,17,20,22H,12-15H2,1-2H3,(H,26,28)/t22-/m1/s1. The van der Waals surface area contributed by atoms with E-state index >= 15 is 0 Å². The molecule has 1 N–H and O–H groups in total. The summed E-state index contributed by atoms with van der Waals surface area (Å²) in [5, 5.41) is 11.9. The highest BCUT2D eigenvalue weighted by Crippen LogP contribution is 2.28. The Hall–Kier alpha value is -3.13. The minimum Gasteiger partial charge on any atom is -0.341 e. The van der Waals surface area contributed by atoms with Crippen molar-refractivity contribution < 1.29 is 9.59 Å². The van der Waals surface area contributed by atoms with E-state index in [0.29, 0.717) is 30.1 Å². The largest absolute Gasteiger partial charge is 0.341 e. The zero-order chi connectivity index (χ0) is 20.8. The van der Waals surface area contributed by atoms with Crippen molar-refractivity contribution in [2.75, 3.05) is 13.1 Å². The van der Waals surface area contributed by atoms with E-state index in [0.717, 1.165) is 12.8 Å². The first kappa shape index (κ1) is 20.6. The summed E-state index contributed by atoms with van der Waals surface area (Å²) in [5.41, 5.74) is 2.44. The van der Waals surface area contributed by atoms with Crippen molar-refractivity contribution in [2.24, 2.45) is 5.92 Å². The molecule has 0 saturated carbocycles. The number of nitriles is 1. The van der Waals surface area contributed by atoms with Gasteiger partial charge in [-0.15, -0.1) is 0 Å². The lowest BCUT2D eigenvalue weighted by Gasteiger charge is -2.35. The average molecular weight is 389 g/mol. The molecule has 3 rings (SSSR count). The van der Waals surface area contributed by atoms with E-state index in [1.807, 2.05) is 61.2 Å². The monoisotopic (exact) mass is 389 g/mol. The molecule has 1 atom stereocenters. The number of hydrogen-bond donors (Lipinski definition) is 1. The van der Waals surface area contributed by atoms with Gasteiger partial charge >= 0.3 is 0 Å². The van der Waals surface area contributed by atoms with Crippen LogP contribution in [0.5, 0.6) is 0 Å². The fourth-order valence-corrected chi connectivity index (χ4v) is 3.79. The van der Waals surface area contributed by atoms with Gasteiger partial charge in [0, 0.05) is 18.7 Å². The maximum absolute atomic E-state index is 13.1. The van der Waals surface area contributed by atoms with E-state index in [-0.39, 0.29) is 17.7 Å². The van der Waals surface area contributed by atoms with Crippen molar-refractivity contribution in [2.45, 2.75) is 38.6 Å². The second kappa shape index (κ2) is 9.38. The summed E-state index contributed by atoms with van der Waals surface area (Å²) in [7, 11) is 0. The van der Waals surface area contributed by atoms with Crippen LogP contribution < -0.4 is 5.32 Å². The molecule has 29 heavy (non-hydrogen) atoms. The van der Waals surface area contributed by atoms with Gasteiger partial charge < -0.3 is 10.2 Å². The summed E-state index contributed by atoms with van der Waals surface area (Å²) in [6.07, 6.45) is 1.77. The van der Waals surface area contributed by atoms with Gasteiger partial charge in [0.05, 0.1) is 11.6 Å². The molecule has 0 aromatic heterocycles. The van der Waals surface area contributed by atoms with Crippen LogP contribution in [0.25, 0.3) is 0 Å². The molecule has 1 aliphatic heterocycles. The fourth-order valence-electron chi connectivity index (χ4n) is 3.79. The number of carbonyl (C=O) groups excluding carboxylic acids is 2. The minimum atomic E-state index is -0.533. The predicted octanol–water partition coefficient (Wildman–Crippen LogP) is 3.72. The molecule has 5 heteroatoms. The molecular formula is C24H27N3O2. The van der Waals surface area contributed by atoms with Crippen molar-refractivity contribution in [1.82, 2.24) is 10.2 Å². The van der Waals surface area contributed by atoms with Gasteiger partial charge in [-0.3, -0.25) is 9.59 Å². The molecular weight excluding hydrogens is 362 g/mol. The second-order valence-electron chi connectivity index (χ2n) is 7.89. The number of nitrogens with zero attached hydrogens (tertiary/aromatic N) is 2. The minimum absolute atomic E-state index is 0.00594. The number of hydrogen-bond acceptors (Lipinski definition) is 3. The molecule has 1 fully saturated rings. The zero-order valence-electron chi connectivity index (χ0n) is 17.0. The molecule has 2 amide bonds. The van der Waals surface area contributed by atoms with Crippen LogP contribution in [-0.2, 0) is 4.79 Å². The van der Waals surface area contributed by atoms with Crippen LogP contribution in [0.2, 0.25) is 0 Å². The topological polar surface area (TPSA) is 73.2 Å². The summed E-state index contributed by atoms with van der Waals surface area (Å²) in [6, 6.07) is 18.3. The molecule has 0 radical (unpaired) electrons. The first-order chi connectivity index (χ1) is 14.0. The molecule has 1 aliphatic rings. The third kappa shape index (κ3) is 5.03. The van der Waals surface area contributed by atoms with Crippen LogP contribution in [0, 0.1) is 17.2 Å². The number of carbonyl (C=O) groups is 2. The normalized spacial score (nSPS) is 15.6. The maximum Gasteiger partial charge on any atom is 0.251 e. The van der Waals surface area contributed by atoms with Gasteiger partial charge in [0.2, 0.25) is 5.91 Å². The average Bonchev–Trinajstić information content (AvgIpc) is 2.77. The third-order valence-electron chi connectivity index (χ3n) is 5.57. The van der Waals surface area contributed by atoms with Crippen molar-refractivity contribution >= 4 is 11.8 Å². The van der Waals surface area contributed by atoms with E-state index in [1.54, 1.807) is 12.1 Å². The second-order valence-corrected chi connectivity index (χ2v) is 7.89. The van der Waals surface area contributed by atoms with E-state index in [9.17, 15) is 9.59 Å². The molecule has 5 nitrogen and oxygen atoms in total. The zero-order valence-corrected chi connectivity index (χ0v) is 17.0. The number of benzene rings is 2. The van der Waals surface area contributed by atoms with E-state index in [1.165, 1.54) is 5.56 Å². The molecule has 1 saturated heterocycles. The fraction of sp³-hybridized carbons (Fsp3) is 0.375. The van der Waals surface area contributed by atoms with Gasteiger partial charge in [-0.05, 0) is 54.5 Å². The Morgan fingerprint density at radius 3 is 2.21 bits per heavy atom. The highest BCUT2D eigenvalue weighted by molar-refractivity contribution is 5.97. The Labute approximate surface area is 172 Å². The lowest BCUT2D eigenvalue weighted by atomic mass is 9.88. The molecule has 0 unspecified atom stereocenters. The number of amides is 2. The van der Waals surface area contributed by atoms with Crippen LogP contribution in [0.15, 0.2) is 54.6 Å². The van der Waals surface area contributed by atoms with Crippen molar-refractivity contribution in [3.05, 3.63) is 71.3 Å². The molecule has 0 bridgehead atoms. The summed E-state index contributed by atoms with van der Waals surface area (Å²) in [5.74, 6) is 0.169. The maximum atomic E-state index is 13.1. The van der Waals surface area contributed by atoms with Crippen molar-refractivity contribution in [3.8, 4) is 6.07 Å². The molecule has 1 heterocycles. The summed E-state index contributed by atoms with van der Waals surface area (Å²) >= 11 is 0. The predicted molar refractivity (Wildman–Crippen MR) is 112 cm³/mol. The van der Waals surface area contributed by atoms with Gasteiger partial charge in [-0.2, -0.15) is 5.26 Å². The summed E-state index contributed by atoms with van der Waals surface area (Å²) in [4.78, 5) is 27.5. The van der Waals surface area contributed by atoms with Crippen LogP contribution >= 0.6 is 0 Å². The Kier molecular flexibility index (Phi) is 6.66. The number of piperidine rings is 1. The smallest absolute Gasteiger partial charge is 0.251 e. The van der Waals surface area contributed by atoms with Gasteiger partial charge in [0.1, 0.15) is 6.04 Å². The molecule has 0 spiro atoms. The van der Waals surface area contributed by atoms with Crippen molar-refractivity contribution in [3.63, 3.8) is 0 Å². The van der Waals surface area contributed by atoms with Gasteiger partial charge in [-0.25, -0.2) is 0 Å². The van der Waals surface area contributed by atoms with Crippen LogP contribution in [-0.4, -0.2) is 35.8 Å². The number of rotatable bonds is 5. The first-order valence-electron chi connectivity index (χ1n) is 10.1. The lowest BCUT2D eigenvalue weighted by molar-refractivity contribution is -0.135. The number of likely N-dealkylation sites (tertiary alicyclic amines) is 1. The van der Waals surface area contributed by atoms with Crippen LogP contribution in [0.3, 0.4) is 0 Å². The van der Waals surface area contributed by atoms with Crippen LogP contribution in [0.4, 0.5) is 0 Å². The number of nitrogens with one attached hydrogen (secondary N) is 1. The Morgan fingerprint density at radius 2 is 1.66 bits per heavy atom. The highest BCUT2D eigenvalue weighted by atomic mass is 16.2. The SMILES string of the molecule is CC(C)[C@@H](NC(=O)c1ccccc1)C(=O)N1CCC(c2ccc(C#N)cc2)CC1. The molecule has 2 aromatic rings. The van der Waals surface area contributed by atoms with Gasteiger partial charge in [0.25, 0.3) is 5.91 Å². The van der Waals surface area contributed by atoms with E-state index < -0.39 is 6.04 Å². The van der Waals surface area contributed by atoms with Crippen LogP contribution in [0.1, 0.15) is 54.1 Å². The Balaban J connectivity index is 1.61. The quantitative estimate of drug-likeness (QED) is 0.847. The Bertz CT molecular complexity index is 877. The molecule has 2 aromatic carbocycles. The van der Waals surface area contributed by atoms with Gasteiger partial charge in [-0.1, -0.05) is 44.2 Å². The summed E-state index contributed by atoms with van der Waals surface area (Å²) < 4.78 is 0. The Morgan fingerprint density at radius 1 is 1.03 bits per heavy atom. The van der Waals surface area contributed by atoms with Crippen molar-refractivity contribution in [1.29, 1.82) is 5.26 Å². The van der Waals surface area contributed by atoms with Gasteiger partial charge in [0.15, 0.2) is 0 Å².